The Morgan fingerprint density at radius 1 is 1.00 bits per heavy atom. The number of thiophene rings is 1. The number of benzene rings is 2. The summed E-state index contributed by atoms with van der Waals surface area (Å²) >= 11 is 1.56. The summed E-state index contributed by atoms with van der Waals surface area (Å²) in [5, 5.41) is 6.73. The normalized spacial score (nSPS) is 11.3. The summed E-state index contributed by atoms with van der Waals surface area (Å²) < 4.78 is 27.8. The van der Waals surface area contributed by atoms with Crippen molar-refractivity contribution in [1.29, 1.82) is 0 Å². The molecule has 7 heteroatoms. The number of hydrogen-bond acceptors (Lipinski definition) is 4. The largest absolute Gasteiger partial charge is 0.348 e. The van der Waals surface area contributed by atoms with E-state index in [1.54, 1.807) is 24.3 Å². The van der Waals surface area contributed by atoms with Crippen molar-refractivity contribution in [2.45, 2.75) is 24.9 Å². The van der Waals surface area contributed by atoms with E-state index in [2.05, 4.69) is 10.0 Å². The molecule has 3 aromatic rings. The lowest BCUT2D eigenvalue weighted by atomic mass is 10.1. The van der Waals surface area contributed by atoms with E-state index in [-0.39, 0.29) is 17.3 Å². The molecule has 5 nitrogen and oxygen atoms in total. The predicted molar refractivity (Wildman–Crippen MR) is 107 cm³/mol. The van der Waals surface area contributed by atoms with E-state index < -0.39 is 10.0 Å². The van der Waals surface area contributed by atoms with Crippen LogP contribution in [-0.2, 0) is 23.1 Å². The van der Waals surface area contributed by atoms with Crippen molar-refractivity contribution in [2.75, 3.05) is 0 Å². The van der Waals surface area contributed by atoms with E-state index in [4.69, 9.17) is 0 Å². The first-order chi connectivity index (χ1) is 13.0. The smallest absolute Gasteiger partial charge is 0.251 e. The second kappa shape index (κ2) is 8.47. The van der Waals surface area contributed by atoms with Gasteiger partial charge in [0.05, 0.1) is 4.90 Å². The van der Waals surface area contributed by atoms with Crippen LogP contribution in [0.4, 0.5) is 0 Å². The van der Waals surface area contributed by atoms with Gasteiger partial charge >= 0.3 is 0 Å². The molecule has 2 aromatic carbocycles. The molecule has 27 heavy (non-hydrogen) atoms. The molecule has 0 bridgehead atoms. The average molecular weight is 401 g/mol. The number of aryl methyl sites for hydroxylation is 1. The number of rotatable bonds is 7. The maximum absolute atomic E-state index is 12.6. The van der Waals surface area contributed by atoms with Gasteiger partial charge in [-0.1, -0.05) is 36.4 Å². The number of sulfonamides is 1. The van der Waals surface area contributed by atoms with Crippen molar-refractivity contribution in [3.8, 4) is 0 Å². The number of nitrogens with one attached hydrogen (secondary N) is 2. The topological polar surface area (TPSA) is 75.3 Å². The second-order valence-corrected chi connectivity index (χ2v) is 8.65. The third kappa shape index (κ3) is 5.03. The summed E-state index contributed by atoms with van der Waals surface area (Å²) in [6.07, 6.45) is 0. The molecule has 0 unspecified atom stereocenters. The summed E-state index contributed by atoms with van der Waals surface area (Å²) in [7, 11) is -3.72. The third-order valence-electron chi connectivity index (χ3n) is 4.11. The van der Waals surface area contributed by atoms with Gasteiger partial charge in [-0.15, -0.1) is 0 Å². The molecule has 140 valence electrons. The maximum atomic E-state index is 12.6. The molecule has 3 rings (SSSR count). The van der Waals surface area contributed by atoms with Gasteiger partial charge in [-0.2, -0.15) is 11.3 Å². The van der Waals surface area contributed by atoms with Crippen LogP contribution in [0.1, 0.15) is 27.0 Å². The van der Waals surface area contributed by atoms with Gasteiger partial charge in [0.1, 0.15) is 0 Å². The molecular formula is C20H20N2O3S2. The Kier molecular flexibility index (Phi) is 6.05. The van der Waals surface area contributed by atoms with E-state index in [0.29, 0.717) is 12.1 Å². The summed E-state index contributed by atoms with van der Waals surface area (Å²) in [4.78, 5) is 12.6. The van der Waals surface area contributed by atoms with Gasteiger partial charge in [-0.3, -0.25) is 4.79 Å². The van der Waals surface area contributed by atoms with Gasteiger partial charge in [-0.05, 0) is 52.6 Å². The molecule has 0 radical (unpaired) electrons. The lowest BCUT2D eigenvalue weighted by molar-refractivity contribution is 0.0950. The zero-order chi connectivity index (χ0) is 19.3. The lowest BCUT2D eigenvalue weighted by Gasteiger charge is -2.11. The highest BCUT2D eigenvalue weighted by Crippen LogP contribution is 2.17. The van der Waals surface area contributed by atoms with E-state index in [1.807, 2.05) is 47.2 Å². The fraction of sp³-hybridized carbons (Fsp3) is 0.150. The minimum Gasteiger partial charge on any atom is -0.348 e. The third-order valence-corrected chi connectivity index (χ3v) is 6.24. The van der Waals surface area contributed by atoms with Crippen LogP contribution < -0.4 is 10.0 Å². The highest BCUT2D eigenvalue weighted by Gasteiger charge is 2.18. The van der Waals surface area contributed by atoms with E-state index >= 15 is 0 Å². The van der Waals surface area contributed by atoms with Gasteiger partial charge in [0.25, 0.3) is 5.91 Å². The van der Waals surface area contributed by atoms with Gasteiger partial charge < -0.3 is 5.32 Å². The molecular weight excluding hydrogens is 380 g/mol. The summed E-state index contributed by atoms with van der Waals surface area (Å²) in [5.41, 5.74) is 2.95. The lowest BCUT2D eigenvalue weighted by Crippen LogP contribution is -2.26. The molecule has 0 atom stereocenters. The van der Waals surface area contributed by atoms with E-state index in [0.717, 1.165) is 16.7 Å². The van der Waals surface area contributed by atoms with Crippen LogP contribution >= 0.6 is 11.3 Å². The second-order valence-electron chi connectivity index (χ2n) is 6.10. The van der Waals surface area contributed by atoms with Crippen LogP contribution in [-0.4, -0.2) is 14.3 Å². The van der Waals surface area contributed by atoms with E-state index in [9.17, 15) is 13.2 Å². The Labute approximate surface area is 163 Å². The SMILES string of the molecule is Cc1ccc(S(=O)(=O)NCc2ccccc2)cc1C(=O)NCc1ccsc1. The zero-order valence-corrected chi connectivity index (χ0v) is 16.4. The molecule has 1 amide bonds. The standard InChI is InChI=1S/C20H20N2O3S2/c1-15-7-8-18(27(24,25)22-13-16-5-3-2-4-6-16)11-19(15)20(23)21-12-17-9-10-26-14-17/h2-11,14,22H,12-13H2,1H3,(H,21,23). The molecule has 0 saturated carbocycles. The van der Waals surface area contributed by atoms with Crippen molar-refractivity contribution in [1.82, 2.24) is 10.0 Å². The van der Waals surface area contributed by atoms with Crippen LogP contribution in [0.15, 0.2) is 70.3 Å². The Hall–Kier alpha value is -2.48. The molecule has 0 fully saturated rings. The fourth-order valence-corrected chi connectivity index (χ4v) is 4.25. The molecule has 1 heterocycles. The number of carbonyl (C=O) groups excluding carboxylic acids is 1. The van der Waals surface area contributed by atoms with E-state index in [1.165, 1.54) is 12.1 Å². The minimum atomic E-state index is -3.72. The van der Waals surface area contributed by atoms with Gasteiger partial charge in [-0.25, -0.2) is 13.1 Å². The van der Waals surface area contributed by atoms with Crippen LogP contribution in [0.5, 0.6) is 0 Å². The summed E-state index contributed by atoms with van der Waals surface area (Å²) in [5.74, 6) is -0.293. The first kappa shape index (κ1) is 19.3. The Morgan fingerprint density at radius 3 is 2.48 bits per heavy atom. The highest BCUT2D eigenvalue weighted by molar-refractivity contribution is 7.89. The predicted octanol–water partition coefficient (Wildman–Crippen LogP) is 3.47. The number of hydrogen-bond donors (Lipinski definition) is 2. The molecule has 1 aromatic heterocycles. The molecule has 0 aliphatic rings. The van der Waals surface area contributed by atoms with Crippen molar-refractivity contribution in [2.24, 2.45) is 0 Å². The maximum Gasteiger partial charge on any atom is 0.251 e. The van der Waals surface area contributed by atoms with Crippen molar-refractivity contribution < 1.29 is 13.2 Å². The van der Waals surface area contributed by atoms with Crippen molar-refractivity contribution in [3.63, 3.8) is 0 Å². The molecule has 0 aliphatic heterocycles. The summed E-state index contributed by atoms with van der Waals surface area (Å²) in [6, 6.07) is 15.8. The van der Waals surface area contributed by atoms with Crippen LogP contribution in [0.2, 0.25) is 0 Å². The van der Waals surface area contributed by atoms with Crippen molar-refractivity contribution >= 4 is 27.3 Å². The monoisotopic (exact) mass is 400 g/mol. The molecule has 0 spiro atoms. The van der Waals surface area contributed by atoms with Crippen molar-refractivity contribution in [3.05, 3.63) is 87.6 Å². The minimum absolute atomic E-state index is 0.0738. The average Bonchev–Trinajstić information content (AvgIpc) is 3.19. The molecule has 2 N–H and O–H groups in total. The highest BCUT2D eigenvalue weighted by atomic mass is 32.2. The number of carbonyl (C=O) groups is 1. The van der Waals surface area contributed by atoms with Crippen LogP contribution in [0.3, 0.4) is 0 Å². The van der Waals surface area contributed by atoms with Gasteiger partial charge in [0.15, 0.2) is 0 Å². The Balaban J connectivity index is 1.74. The zero-order valence-electron chi connectivity index (χ0n) is 14.8. The summed E-state index contributed by atoms with van der Waals surface area (Å²) in [6.45, 7) is 2.38. The van der Waals surface area contributed by atoms with Crippen LogP contribution in [0.25, 0.3) is 0 Å². The van der Waals surface area contributed by atoms with Gasteiger partial charge in [0, 0.05) is 18.7 Å². The fourth-order valence-electron chi connectivity index (χ4n) is 2.54. The first-order valence-electron chi connectivity index (χ1n) is 8.39. The molecule has 0 saturated heterocycles. The molecule has 0 aliphatic carbocycles. The van der Waals surface area contributed by atoms with Crippen LogP contribution in [0, 0.1) is 6.92 Å². The number of amides is 1. The first-order valence-corrected chi connectivity index (χ1v) is 10.8. The van der Waals surface area contributed by atoms with Gasteiger partial charge in [0.2, 0.25) is 10.0 Å². The Bertz CT molecular complexity index is 1010. The quantitative estimate of drug-likeness (QED) is 0.638. The Morgan fingerprint density at radius 2 is 1.78 bits per heavy atom.